The van der Waals surface area contributed by atoms with Crippen molar-refractivity contribution < 1.29 is 14.6 Å². The number of nitrogens with one attached hydrogen (secondary N) is 1. The SMILES string of the molecule is COC(=O)c1ccccc1NC(c1ccccc1)c1ccc2cccnc2c1O. The standard InChI is InChI=1S/C24H20N2O3/c1-29-24(28)18-11-5-6-12-20(18)26-21(16-8-3-2-4-9-16)19-14-13-17-10-7-15-25-22(17)23(19)27/h2-15,21,26-27H,1H3. The van der Waals surface area contributed by atoms with Gasteiger partial charge in [-0.1, -0.05) is 60.7 Å². The van der Waals surface area contributed by atoms with Crippen molar-refractivity contribution in [2.75, 3.05) is 12.4 Å². The van der Waals surface area contributed by atoms with Crippen molar-refractivity contribution in [1.82, 2.24) is 4.98 Å². The van der Waals surface area contributed by atoms with E-state index in [9.17, 15) is 9.90 Å². The molecule has 0 spiro atoms. The number of hydrogen-bond donors (Lipinski definition) is 2. The molecule has 0 saturated heterocycles. The average Bonchev–Trinajstić information content (AvgIpc) is 2.78. The van der Waals surface area contributed by atoms with Crippen LogP contribution in [0.4, 0.5) is 5.69 Å². The van der Waals surface area contributed by atoms with Crippen LogP contribution in [0.5, 0.6) is 5.75 Å². The number of carbonyl (C=O) groups is 1. The van der Waals surface area contributed by atoms with Gasteiger partial charge in [0.25, 0.3) is 0 Å². The number of aromatic nitrogens is 1. The zero-order chi connectivity index (χ0) is 20.2. The van der Waals surface area contributed by atoms with E-state index in [4.69, 9.17) is 4.74 Å². The quantitative estimate of drug-likeness (QED) is 0.478. The third-order valence-corrected chi connectivity index (χ3v) is 4.86. The number of ether oxygens (including phenoxy) is 1. The topological polar surface area (TPSA) is 71.5 Å². The predicted molar refractivity (Wildman–Crippen MR) is 113 cm³/mol. The maximum Gasteiger partial charge on any atom is 0.339 e. The smallest absolute Gasteiger partial charge is 0.339 e. The first-order valence-corrected chi connectivity index (χ1v) is 9.24. The number of aromatic hydroxyl groups is 1. The summed E-state index contributed by atoms with van der Waals surface area (Å²) in [7, 11) is 1.36. The third kappa shape index (κ3) is 3.62. The van der Waals surface area contributed by atoms with Gasteiger partial charge >= 0.3 is 5.97 Å². The number of methoxy groups -OCH3 is 1. The minimum absolute atomic E-state index is 0.111. The van der Waals surface area contributed by atoms with Crippen molar-refractivity contribution in [3.8, 4) is 5.75 Å². The number of pyridine rings is 1. The van der Waals surface area contributed by atoms with Gasteiger partial charge in [-0.25, -0.2) is 4.79 Å². The third-order valence-electron chi connectivity index (χ3n) is 4.86. The van der Waals surface area contributed by atoms with E-state index in [-0.39, 0.29) is 5.75 Å². The Hall–Kier alpha value is -3.86. The lowest BCUT2D eigenvalue weighted by Gasteiger charge is -2.23. The van der Waals surface area contributed by atoms with Gasteiger partial charge in [0.15, 0.2) is 0 Å². The summed E-state index contributed by atoms with van der Waals surface area (Å²) in [6.07, 6.45) is 1.66. The molecule has 0 aliphatic rings. The molecule has 29 heavy (non-hydrogen) atoms. The molecule has 0 fully saturated rings. The first-order valence-electron chi connectivity index (χ1n) is 9.24. The van der Waals surface area contributed by atoms with Crippen LogP contribution in [0.2, 0.25) is 0 Å². The number of para-hydroxylation sites is 1. The van der Waals surface area contributed by atoms with Gasteiger partial charge in [0.05, 0.1) is 18.7 Å². The van der Waals surface area contributed by atoms with Crippen LogP contribution < -0.4 is 5.32 Å². The molecule has 1 unspecified atom stereocenters. The van der Waals surface area contributed by atoms with Crippen molar-refractivity contribution in [3.05, 3.63) is 102 Å². The molecule has 1 aromatic heterocycles. The van der Waals surface area contributed by atoms with Crippen LogP contribution >= 0.6 is 0 Å². The van der Waals surface area contributed by atoms with Gasteiger partial charge in [0.1, 0.15) is 11.3 Å². The van der Waals surface area contributed by atoms with Gasteiger partial charge in [0, 0.05) is 22.8 Å². The molecule has 0 radical (unpaired) electrons. The highest BCUT2D eigenvalue weighted by Gasteiger charge is 2.22. The Morgan fingerprint density at radius 3 is 2.52 bits per heavy atom. The van der Waals surface area contributed by atoms with Gasteiger partial charge in [-0.2, -0.15) is 0 Å². The van der Waals surface area contributed by atoms with Crippen molar-refractivity contribution in [3.63, 3.8) is 0 Å². The average molecular weight is 384 g/mol. The fraction of sp³-hybridized carbons (Fsp3) is 0.0833. The Morgan fingerprint density at radius 1 is 0.966 bits per heavy atom. The van der Waals surface area contributed by atoms with E-state index in [0.717, 1.165) is 10.9 Å². The number of benzene rings is 3. The molecule has 4 aromatic rings. The minimum Gasteiger partial charge on any atom is -0.505 e. The van der Waals surface area contributed by atoms with E-state index in [0.29, 0.717) is 22.3 Å². The van der Waals surface area contributed by atoms with Crippen LogP contribution in [0.15, 0.2) is 85.1 Å². The van der Waals surface area contributed by atoms with E-state index >= 15 is 0 Å². The lowest BCUT2D eigenvalue weighted by atomic mass is 9.95. The second kappa shape index (κ2) is 8.02. The van der Waals surface area contributed by atoms with E-state index in [1.165, 1.54) is 7.11 Å². The van der Waals surface area contributed by atoms with Crippen LogP contribution in [0, 0.1) is 0 Å². The van der Waals surface area contributed by atoms with Crippen LogP contribution in [0.3, 0.4) is 0 Å². The Bertz CT molecular complexity index is 1160. The van der Waals surface area contributed by atoms with Crippen LogP contribution in [-0.2, 0) is 4.74 Å². The fourth-order valence-corrected chi connectivity index (χ4v) is 3.42. The highest BCUT2D eigenvalue weighted by Crippen LogP contribution is 2.37. The Balaban J connectivity index is 1.85. The normalized spacial score (nSPS) is 11.8. The number of esters is 1. The Morgan fingerprint density at radius 2 is 1.72 bits per heavy atom. The van der Waals surface area contributed by atoms with Gasteiger partial charge < -0.3 is 15.2 Å². The molecule has 1 atom stereocenters. The summed E-state index contributed by atoms with van der Waals surface area (Å²) in [6.45, 7) is 0. The summed E-state index contributed by atoms with van der Waals surface area (Å²) in [5.74, 6) is -0.315. The number of phenolic OH excluding ortho intramolecular Hbond substituents is 1. The largest absolute Gasteiger partial charge is 0.505 e. The molecule has 0 amide bonds. The molecule has 3 aromatic carbocycles. The molecule has 144 valence electrons. The molecule has 0 bridgehead atoms. The lowest BCUT2D eigenvalue weighted by Crippen LogP contribution is -2.15. The van der Waals surface area contributed by atoms with Crippen LogP contribution in [0.1, 0.15) is 27.5 Å². The molecule has 5 nitrogen and oxygen atoms in total. The monoisotopic (exact) mass is 384 g/mol. The van der Waals surface area contributed by atoms with Gasteiger partial charge in [-0.05, 0) is 23.8 Å². The Labute approximate surface area is 168 Å². The number of fused-ring (bicyclic) bond motifs is 1. The first kappa shape index (κ1) is 18.5. The number of carbonyl (C=O) groups excluding carboxylic acids is 1. The molecule has 1 heterocycles. The number of hydrogen-bond acceptors (Lipinski definition) is 5. The van der Waals surface area contributed by atoms with E-state index in [2.05, 4.69) is 10.3 Å². The second-order valence-corrected chi connectivity index (χ2v) is 6.60. The van der Waals surface area contributed by atoms with Crippen LogP contribution in [-0.4, -0.2) is 23.2 Å². The highest BCUT2D eigenvalue weighted by atomic mass is 16.5. The number of rotatable bonds is 5. The predicted octanol–water partition coefficient (Wildman–Crippen LogP) is 4.93. The first-order chi connectivity index (χ1) is 14.2. The molecular formula is C24H20N2O3. The summed E-state index contributed by atoms with van der Waals surface area (Å²) >= 11 is 0. The summed E-state index contributed by atoms with van der Waals surface area (Å²) < 4.78 is 4.91. The highest BCUT2D eigenvalue weighted by molar-refractivity contribution is 5.95. The maximum atomic E-state index is 12.2. The van der Waals surface area contributed by atoms with E-state index in [1.807, 2.05) is 66.7 Å². The summed E-state index contributed by atoms with van der Waals surface area (Å²) in [5.41, 5.74) is 3.19. The summed E-state index contributed by atoms with van der Waals surface area (Å²) in [6, 6.07) is 24.1. The van der Waals surface area contributed by atoms with E-state index in [1.54, 1.807) is 18.3 Å². The van der Waals surface area contributed by atoms with Crippen molar-refractivity contribution in [2.45, 2.75) is 6.04 Å². The summed E-state index contributed by atoms with van der Waals surface area (Å²) in [5, 5.41) is 15.3. The number of phenols is 1. The van der Waals surface area contributed by atoms with Crippen LogP contribution in [0.25, 0.3) is 10.9 Å². The number of nitrogens with zero attached hydrogens (tertiary/aromatic N) is 1. The molecule has 4 rings (SSSR count). The molecule has 5 heteroatoms. The zero-order valence-corrected chi connectivity index (χ0v) is 15.9. The summed E-state index contributed by atoms with van der Waals surface area (Å²) in [4.78, 5) is 16.5. The molecule has 0 aliphatic carbocycles. The van der Waals surface area contributed by atoms with Crippen molar-refractivity contribution in [1.29, 1.82) is 0 Å². The second-order valence-electron chi connectivity index (χ2n) is 6.60. The van der Waals surface area contributed by atoms with Crippen molar-refractivity contribution >= 4 is 22.6 Å². The molecule has 0 saturated carbocycles. The molecule has 0 aliphatic heterocycles. The van der Waals surface area contributed by atoms with Gasteiger partial charge in [-0.15, -0.1) is 0 Å². The lowest BCUT2D eigenvalue weighted by molar-refractivity contribution is 0.0602. The number of anilines is 1. The Kier molecular flexibility index (Phi) is 5.12. The zero-order valence-electron chi connectivity index (χ0n) is 15.9. The van der Waals surface area contributed by atoms with E-state index < -0.39 is 12.0 Å². The van der Waals surface area contributed by atoms with Gasteiger partial charge in [0.2, 0.25) is 0 Å². The molecule has 2 N–H and O–H groups in total. The van der Waals surface area contributed by atoms with Crippen molar-refractivity contribution in [2.24, 2.45) is 0 Å². The maximum absolute atomic E-state index is 12.2. The van der Waals surface area contributed by atoms with Gasteiger partial charge in [-0.3, -0.25) is 4.98 Å². The fourth-order valence-electron chi connectivity index (χ4n) is 3.42. The molecular weight excluding hydrogens is 364 g/mol. The minimum atomic E-state index is -0.427.